The van der Waals surface area contributed by atoms with Crippen LogP contribution in [0.5, 0.6) is 0 Å². The van der Waals surface area contributed by atoms with Gasteiger partial charge in [-0.1, -0.05) is 311 Å². The van der Waals surface area contributed by atoms with E-state index in [2.05, 4.69) is 79.9 Å². The Labute approximate surface area is 568 Å². The molecule has 12 unspecified atom stereocenters. The molecule has 14 nitrogen and oxygen atoms in total. The average Bonchev–Trinajstić information content (AvgIpc) is 0.854. The summed E-state index contributed by atoms with van der Waals surface area (Å²) < 4.78 is 22.9. The van der Waals surface area contributed by atoms with Gasteiger partial charge in [0.15, 0.2) is 12.6 Å². The summed E-state index contributed by atoms with van der Waals surface area (Å²) in [5.74, 6) is -0.249. The second-order valence-electron chi connectivity index (χ2n) is 27.1. The molecule has 2 aliphatic heterocycles. The second kappa shape index (κ2) is 62.9. The third-order valence-electron chi connectivity index (χ3n) is 18.6. The van der Waals surface area contributed by atoms with E-state index in [1.54, 1.807) is 6.08 Å². The van der Waals surface area contributed by atoms with Gasteiger partial charge in [-0.15, -0.1) is 0 Å². The summed E-state index contributed by atoms with van der Waals surface area (Å²) in [6, 6.07) is -0.940. The minimum absolute atomic E-state index is 0.249. The molecule has 2 rings (SSSR count). The summed E-state index contributed by atoms with van der Waals surface area (Å²) in [5.41, 5.74) is 0. The lowest BCUT2D eigenvalue weighted by atomic mass is 9.97. The van der Waals surface area contributed by atoms with Gasteiger partial charge < -0.3 is 65.1 Å². The maximum Gasteiger partial charge on any atom is 0.220 e. The Morgan fingerprint density at radius 1 is 0.387 bits per heavy atom. The number of amides is 1. The van der Waals surface area contributed by atoms with Crippen molar-refractivity contribution in [3.05, 3.63) is 72.9 Å². The molecule has 12 atom stereocenters. The predicted octanol–water partition coefficient (Wildman–Crippen LogP) is 17.0. The van der Waals surface area contributed by atoms with E-state index in [4.69, 9.17) is 18.9 Å². The van der Waals surface area contributed by atoms with Crippen LogP contribution in [0.4, 0.5) is 0 Å². The van der Waals surface area contributed by atoms with Crippen molar-refractivity contribution in [3.63, 3.8) is 0 Å². The number of hydrogen-bond acceptors (Lipinski definition) is 13. The normalized spacial score (nSPS) is 22.9. The number of aliphatic hydroxyl groups is 8. The van der Waals surface area contributed by atoms with Crippen LogP contribution in [-0.4, -0.2) is 140 Å². The molecule has 9 N–H and O–H groups in total. The van der Waals surface area contributed by atoms with Crippen molar-refractivity contribution >= 4 is 5.91 Å². The van der Waals surface area contributed by atoms with Crippen LogP contribution in [0.15, 0.2) is 72.9 Å². The minimum Gasteiger partial charge on any atom is -0.394 e. The van der Waals surface area contributed by atoms with Crippen molar-refractivity contribution < 1.29 is 64.6 Å². The third-order valence-corrected chi connectivity index (χ3v) is 18.6. The van der Waals surface area contributed by atoms with E-state index in [0.717, 1.165) is 57.8 Å². The number of allylic oxidation sites excluding steroid dienone is 11. The van der Waals surface area contributed by atoms with Crippen molar-refractivity contribution in [2.75, 3.05) is 19.8 Å². The number of hydrogen-bond donors (Lipinski definition) is 9. The third kappa shape index (κ3) is 46.4. The Kier molecular flexibility index (Phi) is 58.5. The van der Waals surface area contributed by atoms with E-state index in [9.17, 15) is 45.6 Å². The molecule has 0 aromatic heterocycles. The maximum absolute atomic E-state index is 13.3. The van der Waals surface area contributed by atoms with Gasteiger partial charge in [0.2, 0.25) is 5.91 Å². The van der Waals surface area contributed by atoms with Gasteiger partial charge >= 0.3 is 0 Å². The molecule has 14 heteroatoms. The molecule has 0 spiro atoms. The standard InChI is InChI=1S/C79H143NO13/c1-3-5-7-9-11-13-15-17-19-21-23-25-26-27-28-29-30-31-32-33-34-35-36-37-38-39-40-41-42-43-45-47-49-51-53-55-57-59-61-63-71(84)80-67(68(83)62-60-58-56-54-52-50-48-46-44-24-22-20-18-16-14-12-10-8-6-4-2)66-90-78-76(89)74(87)77(70(65-82)92-78)93-79-75(88)73(86)72(85)69(64-81)91-79/h15,17,21,23,26-27,44,46,52,54,60,62,67-70,72-79,81-83,85-89H,3-14,16,18-20,22,24-25,28-43,45,47-51,53,55-59,61,63-66H2,1-2H3,(H,80,84)/b17-15-,23-21-,27-26-,46-44+,54-52+,62-60+. The smallest absolute Gasteiger partial charge is 0.220 e. The highest BCUT2D eigenvalue weighted by Gasteiger charge is 2.51. The van der Waals surface area contributed by atoms with Crippen LogP contribution >= 0.6 is 0 Å². The van der Waals surface area contributed by atoms with Crippen molar-refractivity contribution in [3.8, 4) is 0 Å². The van der Waals surface area contributed by atoms with Crippen LogP contribution in [0, 0.1) is 0 Å². The molecule has 2 aliphatic rings. The lowest BCUT2D eigenvalue weighted by Crippen LogP contribution is -2.65. The monoisotopic (exact) mass is 1310 g/mol. The number of nitrogens with one attached hydrogen (secondary N) is 1. The van der Waals surface area contributed by atoms with Crippen molar-refractivity contribution in [2.45, 2.75) is 402 Å². The molecule has 2 fully saturated rings. The van der Waals surface area contributed by atoms with Gasteiger partial charge in [0.05, 0.1) is 32.0 Å². The first kappa shape index (κ1) is 86.5. The van der Waals surface area contributed by atoms with E-state index >= 15 is 0 Å². The Hall–Kier alpha value is -2.57. The van der Waals surface area contributed by atoms with E-state index in [1.807, 2.05) is 6.08 Å². The topological polar surface area (TPSA) is 228 Å². The number of rotatable bonds is 64. The molecular formula is C79H143NO13. The van der Waals surface area contributed by atoms with Crippen LogP contribution in [0.2, 0.25) is 0 Å². The lowest BCUT2D eigenvalue weighted by molar-refractivity contribution is -0.359. The molecule has 542 valence electrons. The second-order valence-corrected chi connectivity index (χ2v) is 27.1. The average molecular weight is 1320 g/mol. The highest BCUT2D eigenvalue weighted by molar-refractivity contribution is 5.76. The van der Waals surface area contributed by atoms with Gasteiger partial charge in [-0.25, -0.2) is 0 Å². The fraction of sp³-hybridized carbons (Fsp3) is 0.835. The van der Waals surface area contributed by atoms with Crippen LogP contribution in [0.3, 0.4) is 0 Å². The number of carbonyl (C=O) groups excluding carboxylic acids is 1. The van der Waals surface area contributed by atoms with Crippen LogP contribution in [0.25, 0.3) is 0 Å². The van der Waals surface area contributed by atoms with Crippen LogP contribution in [0.1, 0.15) is 328 Å². The first-order chi connectivity index (χ1) is 45.6. The van der Waals surface area contributed by atoms with Crippen LogP contribution in [-0.2, 0) is 23.7 Å². The van der Waals surface area contributed by atoms with Gasteiger partial charge in [-0.05, 0) is 83.5 Å². The van der Waals surface area contributed by atoms with Gasteiger partial charge in [0.25, 0.3) is 0 Å². The quantitative estimate of drug-likeness (QED) is 0.0204. The van der Waals surface area contributed by atoms with Gasteiger partial charge in [-0.3, -0.25) is 4.79 Å². The van der Waals surface area contributed by atoms with Crippen molar-refractivity contribution in [1.29, 1.82) is 0 Å². The first-order valence-corrected chi connectivity index (χ1v) is 38.7. The summed E-state index contributed by atoms with van der Waals surface area (Å²) in [5, 5.41) is 87.5. The molecule has 2 saturated heterocycles. The zero-order chi connectivity index (χ0) is 67.3. The summed E-state index contributed by atoms with van der Waals surface area (Å²) in [6.45, 7) is 2.79. The molecule has 0 aromatic rings. The van der Waals surface area contributed by atoms with E-state index < -0.39 is 86.8 Å². The van der Waals surface area contributed by atoms with Crippen molar-refractivity contribution in [2.24, 2.45) is 0 Å². The molecular weight excluding hydrogens is 1170 g/mol. The molecule has 0 radical (unpaired) electrons. The highest BCUT2D eigenvalue weighted by atomic mass is 16.7. The summed E-state index contributed by atoms with van der Waals surface area (Å²) in [4.78, 5) is 13.3. The zero-order valence-electron chi connectivity index (χ0n) is 59.2. The Morgan fingerprint density at radius 3 is 1.13 bits per heavy atom. The molecule has 2 heterocycles. The maximum atomic E-state index is 13.3. The predicted molar refractivity (Wildman–Crippen MR) is 383 cm³/mol. The zero-order valence-corrected chi connectivity index (χ0v) is 59.2. The van der Waals surface area contributed by atoms with Gasteiger partial charge in [0.1, 0.15) is 48.8 Å². The fourth-order valence-corrected chi connectivity index (χ4v) is 12.5. The molecule has 0 aromatic carbocycles. The summed E-state index contributed by atoms with van der Waals surface area (Å²) in [7, 11) is 0. The number of ether oxygens (including phenoxy) is 4. The first-order valence-electron chi connectivity index (χ1n) is 38.7. The lowest BCUT2D eigenvalue weighted by Gasteiger charge is -2.46. The Balaban J connectivity index is 1.59. The van der Waals surface area contributed by atoms with Crippen LogP contribution < -0.4 is 5.32 Å². The molecule has 0 bridgehead atoms. The fourth-order valence-electron chi connectivity index (χ4n) is 12.5. The Bertz CT molecular complexity index is 1840. The van der Waals surface area contributed by atoms with Gasteiger partial charge in [0, 0.05) is 6.42 Å². The minimum atomic E-state index is -1.79. The molecule has 1 amide bonds. The molecule has 0 aliphatic carbocycles. The van der Waals surface area contributed by atoms with E-state index in [0.29, 0.717) is 12.8 Å². The molecule has 0 saturated carbocycles. The van der Waals surface area contributed by atoms with E-state index in [-0.39, 0.29) is 18.9 Å². The van der Waals surface area contributed by atoms with Gasteiger partial charge in [-0.2, -0.15) is 0 Å². The number of unbranched alkanes of at least 4 members (excludes halogenated alkanes) is 41. The summed E-state index contributed by atoms with van der Waals surface area (Å²) in [6.07, 6.45) is 69.9. The Morgan fingerprint density at radius 2 is 0.720 bits per heavy atom. The molecule has 93 heavy (non-hydrogen) atoms. The summed E-state index contributed by atoms with van der Waals surface area (Å²) >= 11 is 0. The SMILES string of the molecule is CCCCCCC/C=C\C/C=C\C/C=C\CCCCCCCCCCCCCCCCCCCCCCCCCCC(=O)NC(COC1OC(CO)C(OC2OC(CO)C(O)C(O)C2O)C(O)C1O)C(O)/C=C/CC/C=C/CC/C=C/CCCCCCCCCCCC. The largest absolute Gasteiger partial charge is 0.394 e. The number of carbonyl (C=O) groups is 1. The van der Waals surface area contributed by atoms with Crippen molar-refractivity contribution in [1.82, 2.24) is 5.32 Å². The number of aliphatic hydroxyl groups excluding tert-OH is 8. The highest BCUT2D eigenvalue weighted by Crippen LogP contribution is 2.30. The van der Waals surface area contributed by atoms with E-state index in [1.165, 1.54) is 238 Å².